The van der Waals surface area contributed by atoms with Crippen molar-refractivity contribution in [3.8, 4) is 0 Å². The molecule has 1 rings (SSSR count). The summed E-state index contributed by atoms with van der Waals surface area (Å²) in [6.07, 6.45) is -3.47. The number of nitrogens with one attached hydrogen (secondary N) is 1. The van der Waals surface area contributed by atoms with Crippen LogP contribution in [0.3, 0.4) is 0 Å². The van der Waals surface area contributed by atoms with Gasteiger partial charge in [0.15, 0.2) is 0 Å². The summed E-state index contributed by atoms with van der Waals surface area (Å²) >= 11 is 0. The number of hydrogen-bond donors (Lipinski definition) is 2. The minimum absolute atomic E-state index is 0.0933. The van der Waals surface area contributed by atoms with Crippen molar-refractivity contribution in [2.75, 3.05) is 11.1 Å². The molecular formula is C11H13F3N2O. The van der Waals surface area contributed by atoms with Crippen molar-refractivity contribution < 1.29 is 18.0 Å². The number of benzene rings is 1. The summed E-state index contributed by atoms with van der Waals surface area (Å²) in [5, 5.41) is 2.46. The van der Waals surface area contributed by atoms with E-state index in [-0.39, 0.29) is 17.3 Å². The van der Waals surface area contributed by atoms with E-state index in [4.69, 9.17) is 5.73 Å². The van der Waals surface area contributed by atoms with Gasteiger partial charge < -0.3 is 11.1 Å². The van der Waals surface area contributed by atoms with E-state index in [0.29, 0.717) is 12.8 Å². The number of anilines is 2. The van der Waals surface area contributed by atoms with E-state index in [1.54, 1.807) is 0 Å². The van der Waals surface area contributed by atoms with Crippen LogP contribution in [0.5, 0.6) is 0 Å². The first-order valence-corrected chi connectivity index (χ1v) is 5.11. The zero-order chi connectivity index (χ0) is 13.1. The van der Waals surface area contributed by atoms with Crippen molar-refractivity contribution in [1.82, 2.24) is 0 Å². The predicted octanol–water partition coefficient (Wildman–Crippen LogP) is 3.03. The van der Waals surface area contributed by atoms with Crippen molar-refractivity contribution >= 4 is 17.3 Å². The number of nitrogen functional groups attached to an aromatic ring is 1. The van der Waals surface area contributed by atoms with E-state index < -0.39 is 11.7 Å². The fraction of sp³-hybridized carbons (Fsp3) is 0.364. The molecule has 0 aromatic heterocycles. The van der Waals surface area contributed by atoms with Gasteiger partial charge in [-0.25, -0.2) is 0 Å². The minimum atomic E-state index is -4.43. The van der Waals surface area contributed by atoms with Gasteiger partial charge in [0, 0.05) is 6.42 Å². The average molecular weight is 246 g/mol. The second-order valence-corrected chi connectivity index (χ2v) is 3.60. The Hall–Kier alpha value is -1.72. The minimum Gasteiger partial charge on any atom is -0.397 e. The van der Waals surface area contributed by atoms with Gasteiger partial charge in [-0.3, -0.25) is 4.79 Å². The lowest BCUT2D eigenvalue weighted by molar-refractivity contribution is -0.137. The Morgan fingerprint density at radius 1 is 1.41 bits per heavy atom. The van der Waals surface area contributed by atoms with Gasteiger partial charge in [0.1, 0.15) is 0 Å². The highest BCUT2D eigenvalue weighted by atomic mass is 19.4. The summed E-state index contributed by atoms with van der Waals surface area (Å²) in [4.78, 5) is 11.3. The van der Waals surface area contributed by atoms with Crippen molar-refractivity contribution in [2.45, 2.75) is 25.9 Å². The molecule has 0 aliphatic rings. The predicted molar refractivity (Wildman–Crippen MR) is 59.4 cm³/mol. The first kappa shape index (κ1) is 13.3. The molecule has 0 heterocycles. The third-order valence-corrected chi connectivity index (χ3v) is 2.13. The van der Waals surface area contributed by atoms with Gasteiger partial charge in [0.2, 0.25) is 5.91 Å². The Morgan fingerprint density at radius 2 is 2.06 bits per heavy atom. The molecule has 0 bridgehead atoms. The second-order valence-electron chi connectivity index (χ2n) is 3.60. The maximum absolute atomic E-state index is 12.3. The first-order valence-electron chi connectivity index (χ1n) is 5.11. The van der Waals surface area contributed by atoms with Gasteiger partial charge in [0.05, 0.1) is 16.9 Å². The van der Waals surface area contributed by atoms with Crippen molar-refractivity contribution in [2.24, 2.45) is 0 Å². The molecule has 3 N–H and O–H groups in total. The molecule has 0 unspecified atom stereocenters. The van der Waals surface area contributed by atoms with Crippen LogP contribution in [0.4, 0.5) is 24.5 Å². The lowest BCUT2D eigenvalue weighted by atomic mass is 10.1. The molecule has 0 aliphatic heterocycles. The van der Waals surface area contributed by atoms with E-state index in [9.17, 15) is 18.0 Å². The van der Waals surface area contributed by atoms with Crippen LogP contribution in [-0.4, -0.2) is 5.91 Å². The van der Waals surface area contributed by atoms with Crippen LogP contribution in [-0.2, 0) is 11.0 Å². The van der Waals surface area contributed by atoms with Crippen LogP contribution in [0.15, 0.2) is 18.2 Å². The Kier molecular flexibility index (Phi) is 3.98. The lowest BCUT2D eigenvalue weighted by Crippen LogP contribution is -2.13. The third-order valence-electron chi connectivity index (χ3n) is 2.13. The molecule has 1 aromatic carbocycles. The standard InChI is InChI=1S/C11H13F3N2O/c1-2-3-10(17)16-9-5-4-7(6-8(9)15)11(12,13)14/h4-6H,2-3,15H2,1H3,(H,16,17). The van der Waals surface area contributed by atoms with Crippen LogP contribution in [0.1, 0.15) is 25.3 Å². The molecule has 17 heavy (non-hydrogen) atoms. The fourth-order valence-electron chi connectivity index (χ4n) is 1.29. The zero-order valence-corrected chi connectivity index (χ0v) is 9.27. The van der Waals surface area contributed by atoms with E-state index >= 15 is 0 Å². The van der Waals surface area contributed by atoms with Crippen LogP contribution in [0.2, 0.25) is 0 Å². The van der Waals surface area contributed by atoms with Gasteiger partial charge in [-0.15, -0.1) is 0 Å². The first-order chi connectivity index (χ1) is 7.84. The summed E-state index contributed by atoms with van der Waals surface area (Å²) in [6.45, 7) is 1.83. The van der Waals surface area contributed by atoms with Gasteiger partial charge in [-0.1, -0.05) is 6.92 Å². The van der Waals surface area contributed by atoms with Crippen LogP contribution < -0.4 is 11.1 Å². The molecule has 6 heteroatoms. The van der Waals surface area contributed by atoms with Gasteiger partial charge in [0.25, 0.3) is 0 Å². The number of hydrogen-bond acceptors (Lipinski definition) is 2. The quantitative estimate of drug-likeness (QED) is 0.805. The Balaban J connectivity index is 2.87. The molecule has 3 nitrogen and oxygen atoms in total. The summed E-state index contributed by atoms with van der Waals surface area (Å²) < 4.78 is 37.0. The maximum atomic E-state index is 12.3. The van der Waals surface area contributed by atoms with Crippen LogP contribution >= 0.6 is 0 Å². The number of carbonyl (C=O) groups excluding carboxylic acids is 1. The number of alkyl halides is 3. The van der Waals surface area contributed by atoms with E-state index in [0.717, 1.165) is 18.2 Å². The normalized spacial score (nSPS) is 11.3. The summed E-state index contributed by atoms with van der Waals surface area (Å²) in [6, 6.07) is 2.85. The molecular weight excluding hydrogens is 233 g/mol. The average Bonchev–Trinajstić information content (AvgIpc) is 2.20. The molecule has 0 saturated heterocycles. The Labute approximate surface area is 96.8 Å². The monoisotopic (exact) mass is 246 g/mol. The van der Waals surface area contributed by atoms with Crippen molar-refractivity contribution in [3.63, 3.8) is 0 Å². The number of amides is 1. The molecule has 0 saturated carbocycles. The van der Waals surface area contributed by atoms with E-state index in [1.165, 1.54) is 0 Å². The molecule has 1 amide bonds. The topological polar surface area (TPSA) is 55.1 Å². The summed E-state index contributed by atoms with van der Waals surface area (Å²) in [7, 11) is 0. The largest absolute Gasteiger partial charge is 0.416 e. The van der Waals surface area contributed by atoms with Crippen molar-refractivity contribution in [1.29, 1.82) is 0 Å². The number of rotatable bonds is 3. The molecule has 1 aromatic rings. The highest BCUT2D eigenvalue weighted by molar-refractivity contribution is 5.93. The Bertz CT molecular complexity index is 416. The summed E-state index contributed by atoms with van der Waals surface area (Å²) in [5.41, 5.74) is 4.73. The number of nitrogens with two attached hydrogens (primary N) is 1. The Morgan fingerprint density at radius 3 is 2.53 bits per heavy atom. The lowest BCUT2D eigenvalue weighted by Gasteiger charge is -2.11. The van der Waals surface area contributed by atoms with Gasteiger partial charge in [-0.05, 0) is 24.6 Å². The summed E-state index contributed by atoms with van der Waals surface area (Å²) in [5.74, 6) is -0.265. The smallest absolute Gasteiger partial charge is 0.397 e. The molecule has 0 fully saturated rings. The second kappa shape index (κ2) is 5.07. The molecule has 94 valence electrons. The zero-order valence-electron chi connectivity index (χ0n) is 9.27. The van der Waals surface area contributed by atoms with Gasteiger partial charge in [-0.2, -0.15) is 13.2 Å². The highest BCUT2D eigenvalue weighted by Crippen LogP contribution is 2.32. The fourth-order valence-corrected chi connectivity index (χ4v) is 1.29. The molecule has 0 aliphatic carbocycles. The molecule has 0 radical (unpaired) electrons. The van der Waals surface area contributed by atoms with Gasteiger partial charge >= 0.3 is 6.18 Å². The molecule has 0 spiro atoms. The number of carbonyl (C=O) groups is 1. The van der Waals surface area contributed by atoms with Crippen LogP contribution in [0, 0.1) is 0 Å². The van der Waals surface area contributed by atoms with Crippen molar-refractivity contribution in [3.05, 3.63) is 23.8 Å². The highest BCUT2D eigenvalue weighted by Gasteiger charge is 2.30. The van der Waals surface area contributed by atoms with Crippen LogP contribution in [0.25, 0.3) is 0 Å². The van der Waals surface area contributed by atoms with E-state index in [1.807, 2.05) is 6.92 Å². The number of halogens is 3. The maximum Gasteiger partial charge on any atom is 0.416 e. The third kappa shape index (κ3) is 3.65. The van der Waals surface area contributed by atoms with E-state index in [2.05, 4.69) is 5.32 Å². The molecule has 0 atom stereocenters. The SMILES string of the molecule is CCCC(=O)Nc1ccc(C(F)(F)F)cc1N.